The highest BCUT2D eigenvalue weighted by Gasteiger charge is 2.23. The number of rotatable bonds is 6. The Morgan fingerprint density at radius 1 is 1.14 bits per heavy atom. The van der Waals surface area contributed by atoms with Crippen molar-refractivity contribution < 1.29 is 19.4 Å². The molecule has 1 aliphatic heterocycles. The van der Waals surface area contributed by atoms with Crippen LogP contribution in [0.3, 0.4) is 0 Å². The minimum Gasteiger partial charge on any atom is -0.497 e. The zero-order valence-corrected chi connectivity index (χ0v) is 16.4. The molecular weight excluding hydrogens is 370 g/mol. The Hall–Kier alpha value is -3.32. The maximum atomic E-state index is 10.9. The van der Waals surface area contributed by atoms with Crippen LogP contribution in [0.2, 0.25) is 0 Å². The van der Waals surface area contributed by atoms with E-state index in [0.29, 0.717) is 11.5 Å². The molecule has 0 bridgehead atoms. The highest BCUT2D eigenvalue weighted by atomic mass is 16.5. The SMILES string of the molecule is COc1cc(OC)cc(-c2nn(-c3ccc(CC(=O)O)cc3)c3c2CNCC3)c1. The molecule has 0 saturated carbocycles. The fourth-order valence-electron chi connectivity index (χ4n) is 3.67. The summed E-state index contributed by atoms with van der Waals surface area (Å²) in [6, 6.07) is 13.3. The van der Waals surface area contributed by atoms with Crippen LogP contribution in [0.1, 0.15) is 16.8 Å². The van der Waals surface area contributed by atoms with Crippen LogP contribution in [-0.2, 0) is 24.2 Å². The Balaban J connectivity index is 1.80. The molecule has 2 aromatic carbocycles. The molecule has 0 unspecified atom stereocenters. The topological polar surface area (TPSA) is 85.6 Å². The van der Waals surface area contributed by atoms with Gasteiger partial charge in [0, 0.05) is 36.7 Å². The minimum atomic E-state index is -0.838. The molecule has 0 fully saturated rings. The summed E-state index contributed by atoms with van der Waals surface area (Å²) in [5.41, 5.74) is 5.81. The molecule has 3 aromatic rings. The highest BCUT2D eigenvalue weighted by Crippen LogP contribution is 2.34. The van der Waals surface area contributed by atoms with Crippen LogP contribution >= 0.6 is 0 Å². The smallest absolute Gasteiger partial charge is 0.307 e. The van der Waals surface area contributed by atoms with E-state index in [1.807, 2.05) is 47.1 Å². The van der Waals surface area contributed by atoms with E-state index < -0.39 is 5.97 Å². The predicted octanol–water partition coefficient (Wildman–Crippen LogP) is 2.83. The number of carboxylic acid groups (broad SMARTS) is 1. The number of methoxy groups -OCH3 is 2. The lowest BCUT2D eigenvalue weighted by Crippen LogP contribution is -2.24. The number of nitrogens with zero attached hydrogens (tertiary/aromatic N) is 2. The van der Waals surface area contributed by atoms with Crippen molar-refractivity contribution in [3.8, 4) is 28.4 Å². The average Bonchev–Trinajstić information content (AvgIpc) is 3.13. The molecule has 29 heavy (non-hydrogen) atoms. The number of hydrogen-bond acceptors (Lipinski definition) is 5. The van der Waals surface area contributed by atoms with Crippen molar-refractivity contribution in [2.75, 3.05) is 20.8 Å². The lowest BCUT2D eigenvalue weighted by atomic mass is 10.0. The molecular formula is C22H23N3O4. The first kappa shape index (κ1) is 19.0. The minimum absolute atomic E-state index is 0.0102. The molecule has 1 aliphatic rings. The largest absolute Gasteiger partial charge is 0.497 e. The van der Waals surface area contributed by atoms with Crippen molar-refractivity contribution in [1.82, 2.24) is 15.1 Å². The molecule has 0 spiro atoms. The van der Waals surface area contributed by atoms with Gasteiger partial charge in [-0.2, -0.15) is 5.10 Å². The third kappa shape index (κ3) is 3.82. The maximum Gasteiger partial charge on any atom is 0.307 e. The lowest BCUT2D eigenvalue weighted by Gasteiger charge is -2.16. The van der Waals surface area contributed by atoms with Crippen LogP contribution in [0.25, 0.3) is 16.9 Å². The van der Waals surface area contributed by atoms with Crippen molar-refractivity contribution in [3.63, 3.8) is 0 Å². The number of carbonyl (C=O) groups is 1. The third-order valence-corrected chi connectivity index (χ3v) is 5.09. The first-order valence-corrected chi connectivity index (χ1v) is 9.45. The number of carboxylic acids is 1. The number of hydrogen-bond donors (Lipinski definition) is 2. The third-order valence-electron chi connectivity index (χ3n) is 5.09. The quantitative estimate of drug-likeness (QED) is 0.670. The van der Waals surface area contributed by atoms with Gasteiger partial charge in [0.15, 0.2) is 0 Å². The van der Waals surface area contributed by atoms with Gasteiger partial charge < -0.3 is 19.9 Å². The molecule has 150 valence electrons. The van der Waals surface area contributed by atoms with Crippen molar-refractivity contribution in [2.24, 2.45) is 0 Å². The fourth-order valence-corrected chi connectivity index (χ4v) is 3.67. The van der Waals surface area contributed by atoms with Crippen LogP contribution in [0.15, 0.2) is 42.5 Å². The van der Waals surface area contributed by atoms with Crippen molar-refractivity contribution in [3.05, 3.63) is 59.3 Å². The number of aliphatic carboxylic acids is 1. The Morgan fingerprint density at radius 2 is 1.83 bits per heavy atom. The predicted molar refractivity (Wildman–Crippen MR) is 109 cm³/mol. The molecule has 0 atom stereocenters. The number of aromatic nitrogens is 2. The van der Waals surface area contributed by atoms with E-state index in [1.54, 1.807) is 14.2 Å². The number of nitrogens with one attached hydrogen (secondary N) is 1. The maximum absolute atomic E-state index is 10.9. The molecule has 0 amide bonds. The Morgan fingerprint density at radius 3 is 2.45 bits per heavy atom. The summed E-state index contributed by atoms with van der Waals surface area (Å²) in [6.45, 7) is 1.62. The van der Waals surface area contributed by atoms with Gasteiger partial charge in [0.25, 0.3) is 0 Å². The zero-order valence-electron chi connectivity index (χ0n) is 16.4. The van der Waals surface area contributed by atoms with Crippen LogP contribution in [0, 0.1) is 0 Å². The summed E-state index contributed by atoms with van der Waals surface area (Å²) in [4.78, 5) is 10.9. The first-order chi connectivity index (χ1) is 14.1. The van der Waals surface area contributed by atoms with Gasteiger partial charge in [-0.1, -0.05) is 12.1 Å². The normalized spacial score (nSPS) is 13.0. The number of ether oxygens (including phenoxy) is 2. The van der Waals surface area contributed by atoms with E-state index in [2.05, 4.69) is 5.32 Å². The second-order valence-corrected chi connectivity index (χ2v) is 6.95. The van der Waals surface area contributed by atoms with Gasteiger partial charge in [-0.3, -0.25) is 4.79 Å². The van der Waals surface area contributed by atoms with Crippen molar-refractivity contribution in [2.45, 2.75) is 19.4 Å². The monoisotopic (exact) mass is 393 g/mol. The van der Waals surface area contributed by atoms with Gasteiger partial charge in [0.2, 0.25) is 0 Å². The first-order valence-electron chi connectivity index (χ1n) is 9.45. The van der Waals surface area contributed by atoms with Gasteiger partial charge in [-0.05, 0) is 29.8 Å². The molecule has 7 heteroatoms. The Labute approximate surface area is 168 Å². The molecule has 1 aromatic heterocycles. The number of fused-ring (bicyclic) bond motifs is 1. The fraction of sp³-hybridized carbons (Fsp3) is 0.273. The summed E-state index contributed by atoms with van der Waals surface area (Å²) in [5.74, 6) is 0.587. The van der Waals surface area contributed by atoms with Gasteiger partial charge >= 0.3 is 5.97 Å². The second kappa shape index (κ2) is 7.97. The van der Waals surface area contributed by atoms with Crippen molar-refractivity contribution >= 4 is 5.97 Å². The van der Waals surface area contributed by atoms with Crippen LogP contribution in [0.5, 0.6) is 11.5 Å². The zero-order chi connectivity index (χ0) is 20.4. The molecule has 7 nitrogen and oxygen atoms in total. The molecule has 0 aliphatic carbocycles. The molecule has 0 radical (unpaired) electrons. The summed E-state index contributed by atoms with van der Waals surface area (Å²) >= 11 is 0. The van der Waals surface area contributed by atoms with E-state index in [9.17, 15) is 4.79 Å². The summed E-state index contributed by atoms with van der Waals surface area (Å²) < 4.78 is 12.8. The summed E-state index contributed by atoms with van der Waals surface area (Å²) in [6.07, 6.45) is 0.872. The van der Waals surface area contributed by atoms with Gasteiger partial charge in [0.05, 0.1) is 37.7 Å². The number of benzene rings is 2. The summed E-state index contributed by atoms with van der Waals surface area (Å²) in [5, 5.41) is 17.3. The van der Waals surface area contributed by atoms with Crippen LogP contribution in [0.4, 0.5) is 0 Å². The summed E-state index contributed by atoms with van der Waals surface area (Å²) in [7, 11) is 3.26. The van der Waals surface area contributed by atoms with E-state index >= 15 is 0 Å². The van der Waals surface area contributed by atoms with E-state index in [0.717, 1.165) is 53.3 Å². The lowest BCUT2D eigenvalue weighted by molar-refractivity contribution is -0.136. The van der Waals surface area contributed by atoms with Crippen LogP contribution < -0.4 is 14.8 Å². The van der Waals surface area contributed by atoms with E-state index in [-0.39, 0.29) is 6.42 Å². The average molecular weight is 393 g/mol. The Bertz CT molecular complexity index is 1020. The highest BCUT2D eigenvalue weighted by molar-refractivity contribution is 5.71. The van der Waals surface area contributed by atoms with Crippen molar-refractivity contribution in [1.29, 1.82) is 0 Å². The molecule has 2 N–H and O–H groups in total. The standard InChI is InChI=1S/C22H23N3O4/c1-28-17-10-15(11-18(12-17)29-2)22-19-13-23-8-7-20(19)25(24-22)16-5-3-14(4-6-16)9-21(26)27/h3-6,10-12,23H,7-9,13H2,1-2H3,(H,26,27). The van der Waals surface area contributed by atoms with Gasteiger partial charge in [-0.15, -0.1) is 0 Å². The van der Waals surface area contributed by atoms with Gasteiger partial charge in [-0.25, -0.2) is 4.68 Å². The molecule has 0 saturated heterocycles. The van der Waals surface area contributed by atoms with E-state index in [1.165, 1.54) is 0 Å². The van der Waals surface area contributed by atoms with E-state index in [4.69, 9.17) is 19.7 Å². The van der Waals surface area contributed by atoms with Crippen LogP contribution in [-0.4, -0.2) is 41.6 Å². The Kier molecular flexibility index (Phi) is 5.22. The molecule has 2 heterocycles. The second-order valence-electron chi connectivity index (χ2n) is 6.95. The van der Waals surface area contributed by atoms with Gasteiger partial charge in [0.1, 0.15) is 11.5 Å². The molecule has 4 rings (SSSR count).